The molecule has 106 valence electrons. The second kappa shape index (κ2) is 5.57. The van der Waals surface area contributed by atoms with Crippen LogP contribution in [0, 0.1) is 25.2 Å². The van der Waals surface area contributed by atoms with E-state index >= 15 is 0 Å². The van der Waals surface area contributed by atoms with E-state index < -0.39 is 0 Å². The van der Waals surface area contributed by atoms with E-state index in [1.54, 1.807) is 0 Å². The van der Waals surface area contributed by atoms with E-state index in [0.29, 0.717) is 5.56 Å². The zero-order valence-corrected chi connectivity index (χ0v) is 12.6. The van der Waals surface area contributed by atoms with Gasteiger partial charge >= 0.3 is 0 Å². The average molecular weight is 277 g/mol. The van der Waals surface area contributed by atoms with Gasteiger partial charge in [-0.1, -0.05) is 24.3 Å². The lowest BCUT2D eigenvalue weighted by molar-refractivity contribution is 0.785. The van der Waals surface area contributed by atoms with E-state index in [-0.39, 0.29) is 0 Å². The fourth-order valence-electron chi connectivity index (χ4n) is 3.06. The Morgan fingerprint density at radius 3 is 2.29 bits per heavy atom. The highest BCUT2D eigenvalue weighted by molar-refractivity contribution is 5.58. The van der Waals surface area contributed by atoms with Crippen LogP contribution in [0.15, 0.2) is 30.3 Å². The van der Waals surface area contributed by atoms with Gasteiger partial charge in [-0.25, -0.2) is 4.98 Å². The molecule has 0 N–H and O–H groups in total. The summed E-state index contributed by atoms with van der Waals surface area (Å²) in [7, 11) is 0. The van der Waals surface area contributed by atoms with Gasteiger partial charge in [0, 0.05) is 18.8 Å². The number of aromatic nitrogens is 1. The molecule has 1 aliphatic heterocycles. The number of pyridine rings is 1. The minimum absolute atomic E-state index is 0.714. The van der Waals surface area contributed by atoms with Gasteiger partial charge < -0.3 is 4.90 Å². The van der Waals surface area contributed by atoms with E-state index in [0.717, 1.165) is 43.0 Å². The van der Waals surface area contributed by atoms with Crippen molar-refractivity contribution in [1.29, 1.82) is 5.26 Å². The molecular weight excluding hydrogens is 258 g/mol. The molecule has 3 nitrogen and oxygen atoms in total. The molecule has 0 fully saturated rings. The summed E-state index contributed by atoms with van der Waals surface area (Å²) < 4.78 is 0. The molecule has 1 aliphatic rings. The third-order valence-electron chi connectivity index (χ3n) is 4.16. The SMILES string of the molecule is Cc1cc(C)c(C#N)c(N2CCc3ccccc3CC2)n1. The molecule has 0 atom stereocenters. The van der Waals surface area contributed by atoms with Crippen LogP contribution in [0.25, 0.3) is 0 Å². The summed E-state index contributed by atoms with van der Waals surface area (Å²) in [5, 5.41) is 9.45. The highest BCUT2D eigenvalue weighted by atomic mass is 15.2. The summed E-state index contributed by atoms with van der Waals surface area (Å²) in [5.41, 5.74) is 5.54. The number of nitrogens with zero attached hydrogens (tertiary/aromatic N) is 3. The van der Waals surface area contributed by atoms with Crippen molar-refractivity contribution in [2.45, 2.75) is 26.7 Å². The summed E-state index contributed by atoms with van der Waals surface area (Å²) in [5.74, 6) is 0.850. The molecule has 0 radical (unpaired) electrons. The van der Waals surface area contributed by atoms with Crippen molar-refractivity contribution in [3.63, 3.8) is 0 Å². The first-order chi connectivity index (χ1) is 10.2. The summed E-state index contributed by atoms with van der Waals surface area (Å²) in [6.45, 7) is 5.82. The lowest BCUT2D eigenvalue weighted by Gasteiger charge is -2.23. The van der Waals surface area contributed by atoms with Crippen LogP contribution in [0.5, 0.6) is 0 Å². The normalized spacial score (nSPS) is 14.2. The quantitative estimate of drug-likeness (QED) is 0.803. The van der Waals surface area contributed by atoms with Gasteiger partial charge in [0.1, 0.15) is 11.9 Å². The number of hydrogen-bond donors (Lipinski definition) is 0. The van der Waals surface area contributed by atoms with Crippen LogP contribution in [0.3, 0.4) is 0 Å². The summed E-state index contributed by atoms with van der Waals surface area (Å²) in [6.07, 6.45) is 2.02. The van der Waals surface area contributed by atoms with Crippen LogP contribution in [-0.4, -0.2) is 18.1 Å². The highest BCUT2D eigenvalue weighted by Gasteiger charge is 2.19. The molecule has 0 unspecified atom stereocenters. The second-order valence-corrected chi connectivity index (χ2v) is 5.65. The molecule has 0 amide bonds. The Morgan fingerprint density at radius 1 is 1.10 bits per heavy atom. The third kappa shape index (κ3) is 2.62. The van der Waals surface area contributed by atoms with Crippen molar-refractivity contribution in [3.8, 4) is 6.07 Å². The molecule has 0 aliphatic carbocycles. The molecule has 0 bridgehead atoms. The minimum Gasteiger partial charge on any atom is -0.355 e. The molecule has 0 saturated carbocycles. The third-order valence-corrected chi connectivity index (χ3v) is 4.16. The van der Waals surface area contributed by atoms with Crippen LogP contribution in [0.2, 0.25) is 0 Å². The van der Waals surface area contributed by atoms with E-state index in [2.05, 4.69) is 40.2 Å². The largest absolute Gasteiger partial charge is 0.355 e. The molecule has 0 spiro atoms. The molecule has 0 saturated heterocycles. The molecule has 1 aromatic carbocycles. The first-order valence-corrected chi connectivity index (χ1v) is 7.39. The van der Waals surface area contributed by atoms with Gasteiger partial charge in [-0.3, -0.25) is 0 Å². The van der Waals surface area contributed by atoms with Crippen LogP contribution >= 0.6 is 0 Å². The lowest BCUT2D eigenvalue weighted by Crippen LogP contribution is -2.28. The van der Waals surface area contributed by atoms with Gasteiger partial charge in [0.05, 0.1) is 5.56 Å². The Hall–Kier alpha value is -2.34. The van der Waals surface area contributed by atoms with E-state index in [4.69, 9.17) is 0 Å². The zero-order valence-electron chi connectivity index (χ0n) is 12.6. The van der Waals surface area contributed by atoms with Crippen molar-refractivity contribution >= 4 is 5.82 Å². The van der Waals surface area contributed by atoms with Crippen molar-refractivity contribution in [2.75, 3.05) is 18.0 Å². The first-order valence-electron chi connectivity index (χ1n) is 7.39. The Morgan fingerprint density at radius 2 is 1.71 bits per heavy atom. The molecule has 3 heteroatoms. The average Bonchev–Trinajstić information content (AvgIpc) is 2.69. The fraction of sp³-hybridized carbons (Fsp3) is 0.333. The number of rotatable bonds is 1. The predicted molar refractivity (Wildman–Crippen MR) is 84.5 cm³/mol. The van der Waals surface area contributed by atoms with Gasteiger partial charge in [0.15, 0.2) is 0 Å². The van der Waals surface area contributed by atoms with Crippen molar-refractivity contribution in [1.82, 2.24) is 4.98 Å². The number of aryl methyl sites for hydroxylation is 2. The molecule has 1 aromatic heterocycles. The number of hydrogen-bond acceptors (Lipinski definition) is 3. The summed E-state index contributed by atoms with van der Waals surface area (Å²) >= 11 is 0. The Labute approximate surface area is 125 Å². The van der Waals surface area contributed by atoms with Gasteiger partial charge in [-0.05, 0) is 49.4 Å². The molecule has 2 aromatic rings. The van der Waals surface area contributed by atoms with E-state index in [1.165, 1.54) is 11.1 Å². The zero-order chi connectivity index (χ0) is 14.8. The second-order valence-electron chi connectivity index (χ2n) is 5.65. The lowest BCUT2D eigenvalue weighted by atomic mass is 10.0. The number of fused-ring (bicyclic) bond motifs is 1. The van der Waals surface area contributed by atoms with Gasteiger partial charge in [0.25, 0.3) is 0 Å². The van der Waals surface area contributed by atoms with Gasteiger partial charge in [-0.15, -0.1) is 0 Å². The molecule has 2 heterocycles. The van der Waals surface area contributed by atoms with Crippen LogP contribution < -0.4 is 4.90 Å². The minimum atomic E-state index is 0.714. The Kier molecular flexibility index (Phi) is 3.62. The maximum atomic E-state index is 9.45. The summed E-state index contributed by atoms with van der Waals surface area (Å²) in [4.78, 5) is 6.90. The number of anilines is 1. The van der Waals surface area contributed by atoms with Gasteiger partial charge in [-0.2, -0.15) is 5.26 Å². The molecule has 3 rings (SSSR count). The first kappa shape index (κ1) is 13.6. The highest BCUT2D eigenvalue weighted by Crippen LogP contribution is 2.25. The summed E-state index contributed by atoms with van der Waals surface area (Å²) in [6, 6.07) is 12.9. The topological polar surface area (TPSA) is 39.9 Å². The maximum Gasteiger partial charge on any atom is 0.147 e. The fourth-order valence-corrected chi connectivity index (χ4v) is 3.06. The van der Waals surface area contributed by atoms with Crippen LogP contribution in [-0.2, 0) is 12.8 Å². The predicted octanol–water partition coefficient (Wildman–Crippen LogP) is 3.18. The maximum absolute atomic E-state index is 9.45. The Balaban J connectivity index is 1.95. The monoisotopic (exact) mass is 277 g/mol. The van der Waals surface area contributed by atoms with Crippen molar-refractivity contribution in [3.05, 3.63) is 58.3 Å². The van der Waals surface area contributed by atoms with Crippen molar-refractivity contribution < 1.29 is 0 Å². The number of benzene rings is 1. The van der Waals surface area contributed by atoms with Crippen molar-refractivity contribution in [2.24, 2.45) is 0 Å². The van der Waals surface area contributed by atoms with E-state index in [9.17, 15) is 5.26 Å². The smallest absolute Gasteiger partial charge is 0.147 e. The Bertz CT molecular complexity index is 686. The molecule has 21 heavy (non-hydrogen) atoms. The number of nitriles is 1. The van der Waals surface area contributed by atoms with Crippen LogP contribution in [0.1, 0.15) is 27.9 Å². The van der Waals surface area contributed by atoms with Gasteiger partial charge in [0.2, 0.25) is 0 Å². The van der Waals surface area contributed by atoms with E-state index in [1.807, 2.05) is 19.9 Å². The molecular formula is C18H19N3. The van der Waals surface area contributed by atoms with Crippen LogP contribution in [0.4, 0.5) is 5.82 Å². The standard InChI is InChI=1S/C18H19N3/c1-13-11-14(2)20-18(17(13)12-19)21-9-7-15-5-3-4-6-16(15)8-10-21/h3-6,11H,7-10H2,1-2H3.